The predicted octanol–water partition coefficient (Wildman–Crippen LogP) is 3.71. The van der Waals surface area contributed by atoms with Gasteiger partial charge in [0.1, 0.15) is 5.76 Å². The predicted molar refractivity (Wildman–Crippen MR) is 92.6 cm³/mol. The molecule has 0 aliphatic carbocycles. The zero-order chi connectivity index (χ0) is 17.3. The third-order valence-electron chi connectivity index (χ3n) is 3.87. The molecule has 0 amide bonds. The number of hydrogen-bond acceptors (Lipinski definition) is 3. The van der Waals surface area contributed by atoms with E-state index >= 15 is 0 Å². The van der Waals surface area contributed by atoms with Crippen LogP contribution >= 0.6 is 0 Å². The van der Waals surface area contributed by atoms with Crippen LogP contribution in [-0.2, 0) is 0 Å². The number of hydrogen-bond donors (Lipinski definition) is 0. The van der Waals surface area contributed by atoms with Crippen LogP contribution in [0.3, 0.4) is 0 Å². The van der Waals surface area contributed by atoms with Crippen LogP contribution in [0.15, 0.2) is 33.9 Å². The molecule has 1 unspecified atom stereocenters. The fourth-order valence-electron chi connectivity index (χ4n) is 2.90. The van der Waals surface area contributed by atoms with Gasteiger partial charge >= 0.3 is 0 Å². The molecule has 0 saturated carbocycles. The summed E-state index contributed by atoms with van der Waals surface area (Å²) in [5.74, 6) is 1.56. The second-order valence-electron chi connectivity index (χ2n) is 7.78. The van der Waals surface area contributed by atoms with E-state index in [2.05, 4.69) is 62.4 Å². The smallest absolute Gasteiger partial charge is 0.214 e. The number of furan rings is 1. The highest BCUT2D eigenvalue weighted by Gasteiger charge is 2.44. The molecule has 0 aromatic carbocycles. The molecule has 0 N–H and O–H groups in total. The van der Waals surface area contributed by atoms with E-state index in [-0.39, 0.29) is 17.1 Å². The number of aliphatic imine (C=N–C) groups is 1. The summed E-state index contributed by atoms with van der Waals surface area (Å²) in [6.07, 6.45) is 7.75. The Bertz CT molecular complexity index is 623. The van der Waals surface area contributed by atoms with E-state index in [0.717, 1.165) is 18.3 Å². The maximum absolute atomic E-state index is 9.14. The SMILES string of the molecule is CC(C)(C)N1CC(/C=C/c2ccco2)N(C(C)(C)C)C1=NC#N. The molecule has 1 saturated heterocycles. The van der Waals surface area contributed by atoms with Gasteiger partial charge in [0, 0.05) is 17.6 Å². The lowest BCUT2D eigenvalue weighted by atomic mass is 10.0. The Hall–Kier alpha value is -2.22. The van der Waals surface area contributed by atoms with Crippen molar-refractivity contribution in [3.05, 3.63) is 30.2 Å². The second-order valence-corrected chi connectivity index (χ2v) is 7.78. The summed E-state index contributed by atoms with van der Waals surface area (Å²) in [5, 5.41) is 9.14. The minimum absolute atomic E-state index is 0.105. The van der Waals surface area contributed by atoms with Crippen molar-refractivity contribution >= 4 is 12.0 Å². The highest BCUT2D eigenvalue weighted by Crippen LogP contribution is 2.31. The van der Waals surface area contributed by atoms with Crippen molar-refractivity contribution in [1.29, 1.82) is 5.26 Å². The lowest BCUT2D eigenvalue weighted by Gasteiger charge is -2.39. The first-order chi connectivity index (χ1) is 10.6. The first-order valence-corrected chi connectivity index (χ1v) is 7.90. The third kappa shape index (κ3) is 3.76. The van der Waals surface area contributed by atoms with Gasteiger partial charge in [-0.15, -0.1) is 4.99 Å². The average molecular weight is 314 g/mol. The number of nitriles is 1. The van der Waals surface area contributed by atoms with Gasteiger partial charge in [0.15, 0.2) is 0 Å². The van der Waals surface area contributed by atoms with Gasteiger partial charge in [-0.2, -0.15) is 5.26 Å². The zero-order valence-corrected chi connectivity index (χ0v) is 14.9. The Kier molecular flexibility index (Phi) is 4.56. The number of rotatable bonds is 2. The maximum atomic E-state index is 9.14. The standard InChI is InChI=1S/C18H26N4O/c1-17(2,3)21-12-14(9-10-15-8-7-11-23-15)22(18(4,5)6)16(21)20-13-19/h7-11,14H,12H2,1-6H3/b10-9+,20-16?. The Labute approximate surface area is 138 Å². The molecule has 1 aliphatic heterocycles. The van der Waals surface area contributed by atoms with E-state index in [1.54, 1.807) is 6.26 Å². The highest BCUT2D eigenvalue weighted by molar-refractivity contribution is 5.85. The van der Waals surface area contributed by atoms with Crippen LogP contribution in [0.1, 0.15) is 47.3 Å². The van der Waals surface area contributed by atoms with Crippen LogP contribution < -0.4 is 0 Å². The van der Waals surface area contributed by atoms with E-state index in [0.29, 0.717) is 0 Å². The van der Waals surface area contributed by atoms with Crippen molar-refractivity contribution in [2.75, 3.05) is 6.54 Å². The molecular weight excluding hydrogens is 288 g/mol. The monoisotopic (exact) mass is 314 g/mol. The molecule has 1 aliphatic rings. The van der Waals surface area contributed by atoms with Gasteiger partial charge in [-0.1, -0.05) is 6.08 Å². The van der Waals surface area contributed by atoms with Crippen LogP contribution in [-0.4, -0.2) is 39.4 Å². The lowest BCUT2D eigenvalue weighted by molar-refractivity contribution is 0.224. The summed E-state index contributed by atoms with van der Waals surface area (Å²) in [5.41, 5.74) is -0.250. The largest absolute Gasteiger partial charge is 0.465 e. The highest BCUT2D eigenvalue weighted by atomic mass is 16.3. The Morgan fingerprint density at radius 3 is 2.43 bits per heavy atom. The summed E-state index contributed by atoms with van der Waals surface area (Å²) in [7, 11) is 0. The molecule has 1 aromatic rings. The third-order valence-corrected chi connectivity index (χ3v) is 3.87. The molecule has 2 rings (SSSR count). The van der Waals surface area contributed by atoms with Crippen molar-refractivity contribution in [1.82, 2.24) is 9.80 Å². The van der Waals surface area contributed by atoms with Crippen molar-refractivity contribution in [3.8, 4) is 6.19 Å². The van der Waals surface area contributed by atoms with E-state index in [1.807, 2.05) is 24.4 Å². The summed E-state index contributed by atoms with van der Waals surface area (Å²) in [4.78, 5) is 8.53. The summed E-state index contributed by atoms with van der Waals surface area (Å²) < 4.78 is 5.38. The molecule has 23 heavy (non-hydrogen) atoms. The Morgan fingerprint density at radius 1 is 1.26 bits per heavy atom. The minimum Gasteiger partial charge on any atom is -0.465 e. The van der Waals surface area contributed by atoms with Crippen molar-refractivity contribution in [2.24, 2.45) is 4.99 Å². The fourth-order valence-corrected chi connectivity index (χ4v) is 2.90. The fraction of sp³-hybridized carbons (Fsp3) is 0.556. The second kappa shape index (κ2) is 6.11. The molecular formula is C18H26N4O. The first-order valence-electron chi connectivity index (χ1n) is 7.90. The topological polar surface area (TPSA) is 55.8 Å². The van der Waals surface area contributed by atoms with Crippen LogP contribution in [0.25, 0.3) is 6.08 Å². The number of guanidine groups is 1. The van der Waals surface area contributed by atoms with Crippen LogP contribution in [0, 0.1) is 11.5 Å². The quantitative estimate of drug-likeness (QED) is 0.781. The van der Waals surface area contributed by atoms with Gasteiger partial charge in [-0.25, -0.2) is 0 Å². The Balaban J connectivity index is 2.41. The van der Waals surface area contributed by atoms with Gasteiger partial charge < -0.3 is 14.2 Å². The van der Waals surface area contributed by atoms with Crippen LogP contribution in [0.4, 0.5) is 0 Å². The molecule has 5 heteroatoms. The van der Waals surface area contributed by atoms with E-state index in [4.69, 9.17) is 9.68 Å². The van der Waals surface area contributed by atoms with Crippen LogP contribution in [0.2, 0.25) is 0 Å². The molecule has 1 atom stereocenters. The van der Waals surface area contributed by atoms with Gasteiger partial charge in [0.25, 0.3) is 0 Å². The van der Waals surface area contributed by atoms with Gasteiger partial charge in [-0.3, -0.25) is 0 Å². The summed E-state index contributed by atoms with van der Waals surface area (Å²) in [6, 6.07) is 3.94. The minimum atomic E-state index is -0.145. The average Bonchev–Trinajstić information content (AvgIpc) is 3.01. The van der Waals surface area contributed by atoms with E-state index in [9.17, 15) is 0 Å². The molecule has 2 heterocycles. The van der Waals surface area contributed by atoms with Crippen molar-refractivity contribution < 1.29 is 4.42 Å². The van der Waals surface area contributed by atoms with E-state index in [1.165, 1.54) is 0 Å². The van der Waals surface area contributed by atoms with Crippen molar-refractivity contribution in [2.45, 2.75) is 58.7 Å². The molecule has 0 radical (unpaired) electrons. The van der Waals surface area contributed by atoms with Crippen LogP contribution in [0.5, 0.6) is 0 Å². The molecule has 1 fully saturated rings. The summed E-state index contributed by atoms with van der Waals surface area (Å²) in [6.45, 7) is 13.6. The molecule has 124 valence electrons. The summed E-state index contributed by atoms with van der Waals surface area (Å²) >= 11 is 0. The number of nitrogens with zero attached hydrogens (tertiary/aromatic N) is 4. The molecule has 0 bridgehead atoms. The first kappa shape index (κ1) is 17.1. The van der Waals surface area contributed by atoms with Gasteiger partial charge in [-0.05, 0) is 59.8 Å². The van der Waals surface area contributed by atoms with Gasteiger partial charge in [0.2, 0.25) is 12.2 Å². The molecule has 5 nitrogen and oxygen atoms in total. The van der Waals surface area contributed by atoms with Crippen molar-refractivity contribution in [3.63, 3.8) is 0 Å². The Morgan fingerprint density at radius 2 is 1.96 bits per heavy atom. The molecule has 1 aromatic heterocycles. The lowest BCUT2D eigenvalue weighted by Crippen LogP contribution is -2.50. The van der Waals surface area contributed by atoms with E-state index < -0.39 is 0 Å². The van der Waals surface area contributed by atoms with Gasteiger partial charge in [0.05, 0.1) is 12.3 Å². The zero-order valence-electron chi connectivity index (χ0n) is 14.9. The maximum Gasteiger partial charge on any atom is 0.214 e. The molecule has 0 spiro atoms. The normalized spacial score (nSPS) is 21.4.